The van der Waals surface area contributed by atoms with Crippen molar-refractivity contribution in [3.8, 4) is 0 Å². The van der Waals surface area contributed by atoms with Crippen LogP contribution in [-0.2, 0) is 6.54 Å². The molecule has 1 aromatic heterocycles. The summed E-state index contributed by atoms with van der Waals surface area (Å²) in [5.74, 6) is 1.11. The molecule has 0 spiro atoms. The highest BCUT2D eigenvalue weighted by Gasteiger charge is 2.10. The van der Waals surface area contributed by atoms with E-state index in [1.54, 1.807) is 13.0 Å². The lowest BCUT2D eigenvalue weighted by Crippen LogP contribution is -2.26. The van der Waals surface area contributed by atoms with Gasteiger partial charge >= 0.3 is 0 Å². The maximum Gasteiger partial charge on any atom is 0.270 e. The third-order valence-corrected chi connectivity index (χ3v) is 3.73. The number of nitrogens with zero attached hydrogens (tertiary/aromatic N) is 2. The van der Waals surface area contributed by atoms with Gasteiger partial charge in [0.15, 0.2) is 0 Å². The minimum atomic E-state index is -0.144. The quantitative estimate of drug-likeness (QED) is 0.727. The lowest BCUT2D eigenvalue weighted by molar-refractivity contribution is 0.0947. The molecule has 1 amide bonds. The van der Waals surface area contributed by atoms with Gasteiger partial charge in [-0.1, -0.05) is 49.6 Å². The molecule has 0 saturated heterocycles. The summed E-state index contributed by atoms with van der Waals surface area (Å²) in [4.78, 5) is 20.8. The number of carbonyl (C=O) groups excluding carboxylic acids is 1. The molecule has 5 nitrogen and oxygen atoms in total. The zero-order valence-electron chi connectivity index (χ0n) is 14.7. The van der Waals surface area contributed by atoms with Crippen LogP contribution < -0.4 is 10.6 Å². The molecule has 0 aliphatic carbocycles. The maximum absolute atomic E-state index is 12.2. The summed E-state index contributed by atoms with van der Waals surface area (Å²) < 4.78 is 0. The van der Waals surface area contributed by atoms with E-state index in [2.05, 4.69) is 58.7 Å². The van der Waals surface area contributed by atoms with E-state index in [1.165, 1.54) is 11.1 Å². The van der Waals surface area contributed by atoms with Gasteiger partial charge in [-0.3, -0.25) is 4.79 Å². The van der Waals surface area contributed by atoms with Gasteiger partial charge in [-0.15, -0.1) is 0 Å². The van der Waals surface area contributed by atoms with Crippen LogP contribution in [0.3, 0.4) is 0 Å². The zero-order chi connectivity index (χ0) is 17.4. The number of carbonyl (C=O) groups is 1. The Kier molecular flexibility index (Phi) is 6.73. The van der Waals surface area contributed by atoms with E-state index in [4.69, 9.17) is 0 Å². The van der Waals surface area contributed by atoms with Crippen LogP contribution >= 0.6 is 0 Å². The fourth-order valence-electron chi connectivity index (χ4n) is 2.34. The van der Waals surface area contributed by atoms with Crippen LogP contribution in [0.2, 0.25) is 0 Å². The second kappa shape index (κ2) is 9.01. The predicted molar refractivity (Wildman–Crippen MR) is 97.1 cm³/mol. The summed E-state index contributed by atoms with van der Waals surface area (Å²) in [7, 11) is 0. The van der Waals surface area contributed by atoms with E-state index in [1.807, 2.05) is 0 Å². The second-order valence-electron chi connectivity index (χ2n) is 5.99. The summed E-state index contributed by atoms with van der Waals surface area (Å²) in [6.45, 7) is 7.35. The molecule has 2 aromatic rings. The van der Waals surface area contributed by atoms with Crippen molar-refractivity contribution >= 4 is 11.7 Å². The zero-order valence-corrected chi connectivity index (χ0v) is 14.7. The Hall–Kier alpha value is -2.43. The minimum absolute atomic E-state index is 0.144. The van der Waals surface area contributed by atoms with E-state index in [0.717, 1.165) is 19.3 Å². The topological polar surface area (TPSA) is 66.9 Å². The van der Waals surface area contributed by atoms with Crippen molar-refractivity contribution in [2.75, 3.05) is 11.9 Å². The summed E-state index contributed by atoms with van der Waals surface area (Å²) in [5, 5.41) is 6.17. The number of hydrogen-bond acceptors (Lipinski definition) is 4. The molecule has 0 aliphatic heterocycles. The lowest BCUT2D eigenvalue weighted by Gasteiger charge is -2.09. The van der Waals surface area contributed by atoms with Gasteiger partial charge in [-0.05, 0) is 25.8 Å². The number of rotatable bonds is 8. The van der Waals surface area contributed by atoms with Crippen molar-refractivity contribution < 1.29 is 4.79 Å². The van der Waals surface area contributed by atoms with Crippen LogP contribution in [0, 0.1) is 13.8 Å². The smallest absolute Gasteiger partial charge is 0.270 e. The van der Waals surface area contributed by atoms with Gasteiger partial charge in [0.2, 0.25) is 0 Å². The van der Waals surface area contributed by atoms with Gasteiger partial charge in [0.05, 0.1) is 0 Å². The molecular formula is C19H26N4O. The van der Waals surface area contributed by atoms with Gasteiger partial charge in [-0.2, -0.15) is 0 Å². The standard InChI is InChI=1S/C19H26N4O/c1-4-5-6-11-20-19(24)17-12-18(23-15(3)22-17)21-13-16-9-7-14(2)8-10-16/h7-10,12H,4-6,11,13H2,1-3H3,(H,20,24)(H,21,22,23). The molecular weight excluding hydrogens is 300 g/mol. The van der Waals surface area contributed by atoms with Crippen LogP contribution in [-0.4, -0.2) is 22.4 Å². The van der Waals surface area contributed by atoms with Crippen molar-refractivity contribution in [3.63, 3.8) is 0 Å². The van der Waals surface area contributed by atoms with E-state index >= 15 is 0 Å². The Bertz CT molecular complexity index is 668. The van der Waals surface area contributed by atoms with Crippen LogP contribution in [0.15, 0.2) is 30.3 Å². The first-order valence-electron chi connectivity index (χ1n) is 8.52. The molecule has 24 heavy (non-hydrogen) atoms. The molecule has 2 N–H and O–H groups in total. The Labute approximate surface area is 143 Å². The second-order valence-corrected chi connectivity index (χ2v) is 5.99. The summed E-state index contributed by atoms with van der Waals surface area (Å²) in [6.07, 6.45) is 3.24. The number of benzene rings is 1. The van der Waals surface area contributed by atoms with Gasteiger partial charge in [0.1, 0.15) is 17.3 Å². The Morgan fingerprint density at radius 1 is 1.08 bits per heavy atom. The third kappa shape index (κ3) is 5.65. The van der Waals surface area contributed by atoms with Crippen LogP contribution in [0.4, 0.5) is 5.82 Å². The number of anilines is 1. The summed E-state index contributed by atoms with van der Waals surface area (Å²) in [6, 6.07) is 10.0. The van der Waals surface area contributed by atoms with E-state index < -0.39 is 0 Å². The monoisotopic (exact) mass is 326 g/mol. The van der Waals surface area contributed by atoms with E-state index in [0.29, 0.717) is 30.4 Å². The SMILES string of the molecule is CCCCCNC(=O)c1cc(NCc2ccc(C)cc2)nc(C)n1. The van der Waals surface area contributed by atoms with Crippen LogP contribution in [0.1, 0.15) is 53.6 Å². The third-order valence-electron chi connectivity index (χ3n) is 3.73. The molecule has 128 valence electrons. The fourth-order valence-corrected chi connectivity index (χ4v) is 2.34. The van der Waals surface area contributed by atoms with Gasteiger partial charge in [-0.25, -0.2) is 9.97 Å². The Morgan fingerprint density at radius 2 is 1.83 bits per heavy atom. The molecule has 0 aliphatic rings. The molecule has 1 heterocycles. The van der Waals surface area contributed by atoms with E-state index in [9.17, 15) is 4.79 Å². The average molecular weight is 326 g/mol. The number of unbranched alkanes of at least 4 members (excludes halogenated alkanes) is 2. The molecule has 0 atom stereocenters. The van der Waals surface area contributed by atoms with Crippen LogP contribution in [0.5, 0.6) is 0 Å². The fraction of sp³-hybridized carbons (Fsp3) is 0.421. The summed E-state index contributed by atoms with van der Waals surface area (Å²) in [5.41, 5.74) is 2.81. The lowest BCUT2D eigenvalue weighted by atomic mass is 10.1. The van der Waals surface area contributed by atoms with Gasteiger partial charge in [0.25, 0.3) is 5.91 Å². The molecule has 1 aromatic carbocycles. The average Bonchev–Trinajstić information content (AvgIpc) is 2.57. The molecule has 2 rings (SSSR count). The van der Waals surface area contributed by atoms with Crippen molar-refractivity contribution in [1.29, 1.82) is 0 Å². The minimum Gasteiger partial charge on any atom is -0.366 e. The molecule has 0 bridgehead atoms. The highest BCUT2D eigenvalue weighted by molar-refractivity contribution is 5.92. The first kappa shape index (κ1) is 17.9. The molecule has 0 radical (unpaired) electrons. The number of amides is 1. The Balaban J connectivity index is 1.97. The predicted octanol–water partition coefficient (Wildman–Crippen LogP) is 3.63. The summed E-state index contributed by atoms with van der Waals surface area (Å²) >= 11 is 0. The highest BCUT2D eigenvalue weighted by atomic mass is 16.1. The molecule has 0 unspecified atom stereocenters. The molecule has 5 heteroatoms. The Morgan fingerprint density at radius 3 is 2.54 bits per heavy atom. The largest absolute Gasteiger partial charge is 0.366 e. The van der Waals surface area contributed by atoms with Crippen molar-refractivity contribution in [1.82, 2.24) is 15.3 Å². The van der Waals surface area contributed by atoms with E-state index in [-0.39, 0.29) is 5.91 Å². The van der Waals surface area contributed by atoms with Crippen molar-refractivity contribution in [2.45, 2.75) is 46.6 Å². The number of aryl methyl sites for hydroxylation is 2. The first-order chi connectivity index (χ1) is 11.6. The highest BCUT2D eigenvalue weighted by Crippen LogP contribution is 2.10. The van der Waals surface area contributed by atoms with Gasteiger partial charge < -0.3 is 10.6 Å². The molecule has 0 fully saturated rings. The van der Waals surface area contributed by atoms with Crippen molar-refractivity contribution in [2.24, 2.45) is 0 Å². The number of nitrogens with one attached hydrogen (secondary N) is 2. The number of aromatic nitrogens is 2. The van der Waals surface area contributed by atoms with Crippen LogP contribution in [0.25, 0.3) is 0 Å². The number of hydrogen-bond donors (Lipinski definition) is 2. The maximum atomic E-state index is 12.2. The molecule has 0 saturated carbocycles. The normalized spacial score (nSPS) is 10.5. The van der Waals surface area contributed by atoms with Gasteiger partial charge in [0, 0.05) is 19.2 Å². The van der Waals surface area contributed by atoms with Crippen molar-refractivity contribution in [3.05, 3.63) is 53.0 Å². The first-order valence-corrected chi connectivity index (χ1v) is 8.52.